The van der Waals surface area contributed by atoms with E-state index in [1.807, 2.05) is 12.1 Å². The molecule has 0 heteroatoms. The molecule has 21 aromatic carbocycles. The second kappa shape index (κ2) is 50.8. The fourth-order valence-corrected chi connectivity index (χ4v) is 17.4. The van der Waals surface area contributed by atoms with Gasteiger partial charge in [-0.1, -0.05) is 553 Å². The minimum atomic E-state index is 1.26. The topological polar surface area (TPSA) is 0 Å². The van der Waals surface area contributed by atoms with Crippen molar-refractivity contribution in [2.45, 2.75) is 111 Å². The Labute approximate surface area is 847 Å². The van der Waals surface area contributed by atoms with Gasteiger partial charge in [-0.05, 0) is 301 Å². The molecule has 0 amide bonds. The van der Waals surface area contributed by atoms with Crippen molar-refractivity contribution in [1.29, 1.82) is 0 Å². The van der Waals surface area contributed by atoms with Gasteiger partial charge in [0.1, 0.15) is 0 Å². The Hall–Kier alpha value is -16.4. The van der Waals surface area contributed by atoms with E-state index in [0.717, 1.165) is 0 Å². The molecule has 0 saturated carbocycles. The molecule has 0 aliphatic rings. The van der Waals surface area contributed by atoms with Crippen LogP contribution in [0.2, 0.25) is 0 Å². The van der Waals surface area contributed by atoms with Gasteiger partial charge in [0.15, 0.2) is 0 Å². The molecule has 0 spiro atoms. The lowest BCUT2D eigenvalue weighted by Gasteiger charge is -2.09. The quantitative estimate of drug-likeness (QED) is 0.108. The van der Waals surface area contributed by atoms with E-state index in [2.05, 4.69) is 608 Å². The molecule has 0 atom stereocenters. The summed E-state index contributed by atoms with van der Waals surface area (Å²) >= 11 is 0. The Morgan fingerprint density at radius 2 is 0.261 bits per heavy atom. The highest BCUT2D eigenvalue weighted by molar-refractivity contribution is 5.79. The first-order chi connectivity index (χ1) is 68.9. The van der Waals surface area contributed by atoms with Crippen LogP contribution in [0.15, 0.2) is 510 Å². The second-order valence-electron chi connectivity index (χ2n) is 37.5. The van der Waals surface area contributed by atoms with Gasteiger partial charge in [-0.3, -0.25) is 0 Å². The summed E-state index contributed by atoms with van der Waals surface area (Å²) in [5.74, 6) is 0. The highest BCUT2D eigenvalue weighted by Crippen LogP contribution is 2.36. The van der Waals surface area contributed by atoms with Crippen molar-refractivity contribution >= 4 is 0 Å². The molecular weight excluding hydrogens is 1710 g/mol. The minimum Gasteiger partial charge on any atom is -0.0622 e. The third-order valence-electron chi connectivity index (χ3n) is 25.8. The lowest BCUT2D eigenvalue weighted by molar-refractivity contribution is 1.34. The van der Waals surface area contributed by atoms with Crippen LogP contribution in [0.5, 0.6) is 0 Å². The fraction of sp³-hybridized carbons (Fsp3) is 0.113. The predicted molar refractivity (Wildman–Crippen MR) is 618 cm³/mol. The van der Waals surface area contributed by atoms with Crippen LogP contribution in [-0.4, -0.2) is 0 Å². The Kier molecular flexibility index (Phi) is 36.3. The first-order valence-electron chi connectivity index (χ1n) is 49.5. The first-order valence-corrected chi connectivity index (χ1v) is 49.5. The van der Waals surface area contributed by atoms with E-state index < -0.39 is 0 Å². The summed E-state index contributed by atoms with van der Waals surface area (Å²) in [5, 5.41) is 0. The maximum Gasteiger partial charge on any atom is -0.0155 e. The van der Waals surface area contributed by atoms with Crippen molar-refractivity contribution in [2.24, 2.45) is 0 Å². The molecule has 0 unspecified atom stereocenters. The van der Waals surface area contributed by atoms with E-state index in [0.29, 0.717) is 0 Å². The van der Waals surface area contributed by atoms with Crippen molar-refractivity contribution in [3.63, 3.8) is 0 Å². The molecule has 0 nitrogen and oxygen atoms in total. The minimum absolute atomic E-state index is 1.26. The van der Waals surface area contributed by atoms with E-state index in [1.165, 1.54) is 234 Å². The highest BCUT2D eigenvalue weighted by Gasteiger charge is 2.11. The zero-order chi connectivity index (χ0) is 99.6. The number of hydrogen-bond acceptors (Lipinski definition) is 0. The largest absolute Gasteiger partial charge is 0.0622 e. The summed E-state index contributed by atoms with van der Waals surface area (Å²) in [6.45, 7) is 34.2. The molecule has 0 heterocycles. The molecule has 0 saturated heterocycles. The third-order valence-corrected chi connectivity index (χ3v) is 25.8. The average Bonchev–Trinajstić information content (AvgIpc) is 0.827. The van der Waals surface area contributed by atoms with Crippen LogP contribution < -0.4 is 0 Å². The highest BCUT2D eigenvalue weighted by atomic mass is 14.2. The van der Waals surface area contributed by atoms with Gasteiger partial charge in [-0.2, -0.15) is 0 Å². The van der Waals surface area contributed by atoms with Gasteiger partial charge in [0.05, 0.1) is 0 Å². The maximum atomic E-state index is 2.27. The van der Waals surface area contributed by atoms with Gasteiger partial charge in [-0.15, -0.1) is 0 Å². The van der Waals surface area contributed by atoms with Crippen LogP contribution in [0, 0.1) is 111 Å². The van der Waals surface area contributed by atoms with Crippen LogP contribution >= 0.6 is 0 Å². The van der Waals surface area contributed by atoms with Crippen LogP contribution in [0.1, 0.15) is 89.0 Å². The molecule has 0 aromatic heterocycles. The number of benzene rings is 21. The van der Waals surface area contributed by atoms with Crippen LogP contribution in [0.3, 0.4) is 0 Å². The number of aryl methyl sites for hydroxylation is 16. The normalized spacial score (nSPS) is 10.4. The van der Waals surface area contributed by atoms with E-state index in [1.54, 1.807) is 0 Å². The molecule has 700 valence electrons. The molecule has 21 aromatic rings. The molecule has 0 bridgehead atoms. The van der Waals surface area contributed by atoms with Gasteiger partial charge in [0.25, 0.3) is 0 Å². The van der Waals surface area contributed by atoms with Gasteiger partial charge in [0, 0.05) is 0 Å². The lowest BCUT2D eigenvalue weighted by Crippen LogP contribution is -1.85. The summed E-state index contributed by atoms with van der Waals surface area (Å²) in [5.41, 5.74) is 54.4. The molecule has 0 aliphatic carbocycles. The molecule has 142 heavy (non-hydrogen) atoms. The molecule has 0 radical (unpaired) electrons. The van der Waals surface area contributed by atoms with Crippen LogP contribution in [0.25, 0.3) is 145 Å². The van der Waals surface area contributed by atoms with Crippen molar-refractivity contribution in [3.05, 3.63) is 599 Å². The summed E-state index contributed by atoms with van der Waals surface area (Å²) < 4.78 is 0. The average molecular weight is 1840 g/mol. The van der Waals surface area contributed by atoms with Gasteiger partial charge in [-0.25, -0.2) is 0 Å². The Morgan fingerprint density at radius 3 is 0.563 bits per heavy atom. The van der Waals surface area contributed by atoms with Crippen molar-refractivity contribution in [1.82, 2.24) is 0 Å². The maximum absolute atomic E-state index is 2.27. The fourth-order valence-electron chi connectivity index (χ4n) is 17.4. The van der Waals surface area contributed by atoms with Crippen molar-refractivity contribution in [2.75, 3.05) is 0 Å². The summed E-state index contributed by atoms with van der Waals surface area (Å²) in [4.78, 5) is 0. The zero-order valence-electron chi connectivity index (χ0n) is 85.5. The van der Waals surface area contributed by atoms with Crippen molar-refractivity contribution in [3.8, 4) is 145 Å². The van der Waals surface area contributed by atoms with Gasteiger partial charge in [0.2, 0.25) is 0 Å². The SMILES string of the molecule is Cc1ccc(-c2ccc(-c3ccc(C)cc3)cc2)cc1.Cc1ccc(-c2cccc(-c3ccc(C)cc3)c2)cc1.Cc1ccc(-c2ccccc2)c(C)c1.Cc1ccc(-c2ccccc2)cc1C.Cc1cccc(-c2ccc(-c3cccc(C)c3)cc2)c1.Cc1cccc(-c2cccc(-c3cccc(C)c3)c2)c1.Cc1cccc(-c2ccccc2C)c1.Cc1ccccc1-c1ccc(-c2ccccc2C)cc1. The number of hydrogen-bond donors (Lipinski definition) is 0. The van der Waals surface area contributed by atoms with Crippen molar-refractivity contribution < 1.29 is 0 Å². The number of rotatable bonds is 13. The van der Waals surface area contributed by atoms with E-state index in [-0.39, 0.29) is 0 Å². The summed E-state index contributed by atoms with van der Waals surface area (Å²) in [6.07, 6.45) is 0. The summed E-state index contributed by atoms with van der Waals surface area (Å²) in [6, 6.07) is 181. The van der Waals surface area contributed by atoms with E-state index >= 15 is 0 Å². The first kappa shape index (κ1) is 102. The smallest absolute Gasteiger partial charge is 0.0155 e. The van der Waals surface area contributed by atoms with Gasteiger partial charge >= 0.3 is 0 Å². The second-order valence-corrected chi connectivity index (χ2v) is 37.5. The monoisotopic (exact) mass is 1840 g/mol. The Balaban J connectivity index is 0.000000129. The molecule has 0 N–H and O–H groups in total. The standard InChI is InChI=1S/5C20H18.3C14H14/c1-15-3-7-17(8-4-15)19-11-13-20(14-12-19)18-9-5-16(2)6-10-18;1-15-6-3-8-17(12-15)19-10-5-11-20(14-19)18-9-4-7-16(2)13-18;1-15-5-3-7-19(13-15)17-9-11-18(12-10-17)20-8-4-6-16(2)14-20;1-15-7-3-5-9-19(15)17-11-13-18(14-12-17)20-10-6-4-8-16(20)2;1-15-6-10-17(11-7-15)19-4-3-5-20(14-19)18-12-8-16(2)9-13-18;1-11-6-5-8-13(10-11)14-9-4-3-7-12(14)2;1-11-8-9-14(10-12(11)2)13-6-4-3-5-7-13;1-11-8-9-14(12(2)10-11)13-6-4-3-5-7-13/h5*3-14H,1-2H3;3*3-10H,1-2H3. The predicted octanol–water partition coefficient (Wildman–Crippen LogP) is 40.1. The van der Waals surface area contributed by atoms with E-state index in [9.17, 15) is 0 Å². The van der Waals surface area contributed by atoms with E-state index in [4.69, 9.17) is 0 Å². The van der Waals surface area contributed by atoms with Gasteiger partial charge < -0.3 is 0 Å². The Morgan fingerprint density at radius 1 is 0.0775 bits per heavy atom. The molecule has 0 fully saturated rings. The third kappa shape index (κ3) is 29.6. The van der Waals surface area contributed by atoms with Crippen LogP contribution in [-0.2, 0) is 0 Å². The lowest BCUT2D eigenvalue weighted by atomic mass is 9.96. The molecule has 0 aliphatic heterocycles. The molecule has 21 rings (SSSR count). The zero-order valence-corrected chi connectivity index (χ0v) is 85.5. The van der Waals surface area contributed by atoms with Crippen LogP contribution in [0.4, 0.5) is 0 Å². The summed E-state index contributed by atoms with van der Waals surface area (Å²) in [7, 11) is 0. The molecular formula is C142H132. The Bertz CT molecular complexity index is 7270.